The molecule has 1 amide bonds. The topological polar surface area (TPSA) is 72.5 Å². The van der Waals surface area contributed by atoms with E-state index in [2.05, 4.69) is 4.74 Å². The predicted octanol–water partition coefficient (Wildman–Crippen LogP) is 1.61. The number of alkyl halides is 1. The lowest BCUT2D eigenvalue weighted by atomic mass is 10.5. The lowest BCUT2D eigenvalue weighted by Gasteiger charge is -2.06. The van der Waals surface area contributed by atoms with Crippen molar-refractivity contribution in [3.63, 3.8) is 0 Å². The molecule has 0 saturated heterocycles. The first-order valence-electron chi connectivity index (χ1n) is 4.16. The molecule has 0 aromatic heterocycles. The largest absolute Gasteiger partial charge is 0.449 e. The molecule has 0 aliphatic carbocycles. The van der Waals surface area contributed by atoms with Crippen LogP contribution in [0.25, 0.3) is 0 Å². The van der Waals surface area contributed by atoms with Crippen molar-refractivity contribution in [3.8, 4) is 0 Å². The van der Waals surface area contributed by atoms with E-state index in [9.17, 15) is 13.2 Å². The highest BCUT2D eigenvalue weighted by Crippen LogP contribution is 2.37. The molecule has 15 heavy (non-hydrogen) atoms. The zero-order valence-corrected chi connectivity index (χ0v) is 10.3. The maximum Gasteiger partial charge on any atom is 0.421 e. The Morgan fingerprint density at radius 2 is 2.47 bits per heavy atom. The third-order valence-electron chi connectivity index (χ3n) is 1.47. The molecule has 1 atom stereocenters. The van der Waals surface area contributed by atoms with Crippen LogP contribution in [0, 0.1) is 0 Å². The quantitative estimate of drug-likeness (QED) is 0.790. The monoisotopic (exact) mass is 271 g/mol. The molecule has 1 unspecified atom stereocenters. The van der Waals surface area contributed by atoms with E-state index in [1.807, 2.05) is 0 Å². The summed E-state index contributed by atoms with van der Waals surface area (Å²) in [6.45, 7) is 1.70. The van der Waals surface area contributed by atoms with Crippen LogP contribution < -0.4 is 4.72 Å². The zero-order chi connectivity index (χ0) is 11.5. The minimum absolute atomic E-state index is 0.0653. The molecule has 1 aliphatic rings. The van der Waals surface area contributed by atoms with E-state index in [1.165, 1.54) is 6.08 Å². The maximum absolute atomic E-state index is 11.5. The molecule has 0 aromatic carbocycles. The van der Waals surface area contributed by atoms with E-state index in [1.54, 1.807) is 11.6 Å². The van der Waals surface area contributed by atoms with Crippen molar-refractivity contribution >= 4 is 39.5 Å². The number of nitrogens with one attached hydrogen (secondary N) is 1. The van der Waals surface area contributed by atoms with Gasteiger partial charge in [0.1, 0.15) is 4.24 Å². The third kappa shape index (κ3) is 3.58. The number of halogens is 1. The van der Waals surface area contributed by atoms with Gasteiger partial charge in [-0.3, -0.25) is 0 Å². The van der Waals surface area contributed by atoms with E-state index in [4.69, 9.17) is 11.6 Å². The van der Waals surface area contributed by atoms with Crippen LogP contribution in [0.2, 0.25) is 0 Å². The van der Waals surface area contributed by atoms with Crippen LogP contribution in [0.4, 0.5) is 4.79 Å². The van der Waals surface area contributed by atoms with E-state index >= 15 is 0 Å². The van der Waals surface area contributed by atoms with Gasteiger partial charge in [-0.15, -0.1) is 11.6 Å². The normalized spacial score (nSPS) is 20.9. The fraction of sp³-hybridized carbons (Fsp3) is 0.571. The van der Waals surface area contributed by atoms with Gasteiger partial charge in [-0.25, -0.2) is 17.9 Å². The van der Waals surface area contributed by atoms with Gasteiger partial charge >= 0.3 is 6.09 Å². The van der Waals surface area contributed by atoms with Crippen LogP contribution in [0.15, 0.2) is 10.3 Å². The van der Waals surface area contributed by atoms with Gasteiger partial charge in [0, 0.05) is 0 Å². The Balaban J connectivity index is 2.64. The fourth-order valence-corrected chi connectivity index (χ4v) is 3.75. The molecule has 0 saturated carbocycles. The summed E-state index contributed by atoms with van der Waals surface area (Å²) in [5.41, 5.74) is 0. The van der Waals surface area contributed by atoms with E-state index < -0.39 is 16.1 Å². The van der Waals surface area contributed by atoms with Crippen LogP contribution >= 0.6 is 23.4 Å². The lowest BCUT2D eigenvalue weighted by molar-refractivity contribution is 0.159. The number of rotatable bonds is 3. The van der Waals surface area contributed by atoms with Crippen LogP contribution in [-0.4, -0.2) is 25.8 Å². The van der Waals surface area contributed by atoms with Gasteiger partial charge in [0.05, 0.1) is 11.3 Å². The Morgan fingerprint density at radius 3 is 2.93 bits per heavy atom. The molecule has 0 spiro atoms. The van der Waals surface area contributed by atoms with Gasteiger partial charge in [0.25, 0.3) is 10.0 Å². The van der Waals surface area contributed by atoms with Crippen molar-refractivity contribution in [2.45, 2.75) is 18.1 Å². The van der Waals surface area contributed by atoms with Crippen LogP contribution in [0.5, 0.6) is 0 Å². The summed E-state index contributed by atoms with van der Waals surface area (Å²) in [4.78, 5) is 10.9. The van der Waals surface area contributed by atoms with Gasteiger partial charge in [0.2, 0.25) is 0 Å². The summed E-state index contributed by atoms with van der Waals surface area (Å²) in [6, 6.07) is 0. The number of hydrogen-bond acceptors (Lipinski definition) is 5. The number of sulfonamides is 1. The Morgan fingerprint density at radius 1 is 1.80 bits per heavy atom. The first kappa shape index (κ1) is 12.7. The smallest absolute Gasteiger partial charge is 0.421 e. The van der Waals surface area contributed by atoms with Crippen molar-refractivity contribution in [1.82, 2.24) is 4.72 Å². The first-order chi connectivity index (χ1) is 6.95. The number of thioether (sulfide) groups is 1. The lowest BCUT2D eigenvalue weighted by Crippen LogP contribution is -2.31. The second kappa shape index (κ2) is 5.09. The van der Waals surface area contributed by atoms with Crippen molar-refractivity contribution in [1.29, 1.82) is 0 Å². The molecule has 86 valence electrons. The van der Waals surface area contributed by atoms with Crippen molar-refractivity contribution in [2.75, 3.05) is 6.61 Å². The number of carbonyl (C=O) groups excluding carboxylic acids is 1. The summed E-state index contributed by atoms with van der Waals surface area (Å²) in [5, 5.41) is 0. The highest BCUT2D eigenvalue weighted by Gasteiger charge is 2.28. The van der Waals surface area contributed by atoms with Crippen molar-refractivity contribution < 1.29 is 17.9 Å². The Labute approximate surface area is 97.2 Å². The number of ether oxygens (including phenoxy) is 1. The fourth-order valence-electron chi connectivity index (χ4n) is 0.905. The zero-order valence-electron chi connectivity index (χ0n) is 7.90. The molecule has 0 aromatic rings. The summed E-state index contributed by atoms with van der Waals surface area (Å²) in [7, 11) is -3.80. The SMILES string of the molecule is CCOC(=O)NS(=O)(=O)C1=CCC(Cl)S1. The summed E-state index contributed by atoms with van der Waals surface area (Å²) in [5.74, 6) is 0. The minimum Gasteiger partial charge on any atom is -0.449 e. The highest BCUT2D eigenvalue weighted by molar-refractivity contribution is 8.19. The first-order valence-corrected chi connectivity index (χ1v) is 6.96. The van der Waals surface area contributed by atoms with Gasteiger partial charge in [-0.1, -0.05) is 17.8 Å². The Kier molecular flexibility index (Phi) is 4.30. The third-order valence-corrected chi connectivity index (χ3v) is 4.84. The number of allylic oxidation sites excluding steroid dienone is 1. The van der Waals surface area contributed by atoms with Crippen molar-refractivity contribution in [3.05, 3.63) is 10.3 Å². The molecule has 0 bridgehead atoms. The number of amides is 1. The second-order valence-corrected chi connectivity index (χ2v) is 6.55. The van der Waals surface area contributed by atoms with Crippen LogP contribution in [-0.2, 0) is 14.8 Å². The van der Waals surface area contributed by atoms with Gasteiger partial charge in [0.15, 0.2) is 0 Å². The van der Waals surface area contributed by atoms with Crippen LogP contribution in [0.1, 0.15) is 13.3 Å². The maximum atomic E-state index is 11.5. The molecule has 8 heteroatoms. The number of hydrogen-bond donors (Lipinski definition) is 1. The van der Waals surface area contributed by atoms with Crippen LogP contribution in [0.3, 0.4) is 0 Å². The molecule has 1 heterocycles. The van der Waals surface area contributed by atoms with Gasteiger partial charge in [-0.05, 0) is 13.3 Å². The van der Waals surface area contributed by atoms with Gasteiger partial charge in [-0.2, -0.15) is 0 Å². The standard InChI is InChI=1S/C7H10ClNO4S2/c1-2-13-7(10)9-15(11,12)6-4-3-5(8)14-6/h4-5H,2-3H2,1H3,(H,9,10). The number of carbonyl (C=O) groups is 1. The molecule has 1 aliphatic heterocycles. The second-order valence-electron chi connectivity index (χ2n) is 2.61. The molecular weight excluding hydrogens is 262 g/mol. The van der Waals surface area contributed by atoms with E-state index in [0.29, 0.717) is 6.42 Å². The molecule has 0 radical (unpaired) electrons. The van der Waals surface area contributed by atoms with E-state index in [-0.39, 0.29) is 15.6 Å². The molecular formula is C7H10ClNO4S2. The molecule has 5 nitrogen and oxygen atoms in total. The van der Waals surface area contributed by atoms with Gasteiger partial charge < -0.3 is 4.74 Å². The summed E-state index contributed by atoms with van der Waals surface area (Å²) < 4.78 is 29.0. The average molecular weight is 272 g/mol. The summed E-state index contributed by atoms with van der Waals surface area (Å²) in [6.07, 6.45) is 0.965. The highest BCUT2D eigenvalue weighted by atomic mass is 35.5. The van der Waals surface area contributed by atoms with E-state index in [0.717, 1.165) is 11.8 Å². The summed E-state index contributed by atoms with van der Waals surface area (Å²) >= 11 is 6.71. The van der Waals surface area contributed by atoms with Crippen molar-refractivity contribution in [2.24, 2.45) is 0 Å². The molecule has 1 rings (SSSR count). The Hall–Kier alpha value is -0.400. The predicted molar refractivity (Wildman–Crippen MR) is 59.0 cm³/mol. The molecule has 0 fully saturated rings. The Bertz CT molecular complexity index is 378. The minimum atomic E-state index is -3.80. The molecule has 1 N–H and O–H groups in total. The average Bonchev–Trinajstić information content (AvgIpc) is 2.51.